The first-order chi connectivity index (χ1) is 13.5. The van der Waals surface area contributed by atoms with Gasteiger partial charge in [-0.25, -0.2) is 4.68 Å². The van der Waals surface area contributed by atoms with Crippen LogP contribution in [0.2, 0.25) is 0 Å². The van der Waals surface area contributed by atoms with Crippen LogP contribution in [0, 0.1) is 13.8 Å². The monoisotopic (exact) mass is 440 g/mol. The van der Waals surface area contributed by atoms with Gasteiger partial charge in [-0.15, -0.1) is 0 Å². The highest BCUT2D eigenvalue weighted by Crippen LogP contribution is 2.23. The minimum absolute atomic E-state index is 0.00205. The molecule has 0 aliphatic carbocycles. The number of nitrogens with one attached hydrogen (secondary N) is 1. The van der Waals surface area contributed by atoms with Gasteiger partial charge in [0, 0.05) is 24.0 Å². The number of halogens is 1. The molecule has 2 aromatic carbocycles. The fourth-order valence-corrected chi connectivity index (χ4v) is 3.55. The molecule has 0 radical (unpaired) electrons. The van der Waals surface area contributed by atoms with Crippen LogP contribution >= 0.6 is 15.9 Å². The molecule has 0 spiro atoms. The van der Waals surface area contributed by atoms with Gasteiger partial charge in [-0.1, -0.05) is 52.3 Å². The Hall–Kier alpha value is -2.44. The molecule has 0 aliphatic heterocycles. The van der Waals surface area contributed by atoms with Crippen molar-refractivity contribution in [2.24, 2.45) is 0 Å². The highest BCUT2D eigenvalue weighted by atomic mass is 79.9. The van der Waals surface area contributed by atoms with Crippen LogP contribution in [0.25, 0.3) is 5.69 Å². The molecule has 0 fully saturated rings. The largest absolute Gasteiger partial charge is 0.323 e. The molecule has 1 aromatic heterocycles. The molecular formula is C22H25BrN4O. The number of hydrogen-bond donors (Lipinski definition) is 1. The van der Waals surface area contributed by atoms with Gasteiger partial charge < -0.3 is 10.2 Å². The molecule has 1 N–H and O–H groups in total. The third-order valence-electron chi connectivity index (χ3n) is 4.68. The Balaban J connectivity index is 1.59. The predicted octanol–water partition coefficient (Wildman–Crippen LogP) is 4.71. The number of aryl methyl sites for hydroxylation is 1. The van der Waals surface area contributed by atoms with Gasteiger partial charge in [-0.05, 0) is 44.7 Å². The first kappa shape index (κ1) is 20.3. The molecule has 1 heterocycles. The van der Waals surface area contributed by atoms with Crippen molar-refractivity contribution in [3.8, 4) is 5.69 Å². The van der Waals surface area contributed by atoms with E-state index in [1.165, 1.54) is 5.56 Å². The van der Waals surface area contributed by atoms with Crippen LogP contribution in [0.4, 0.5) is 5.69 Å². The number of nitrogens with zero attached hydrogens (tertiary/aromatic N) is 3. The van der Waals surface area contributed by atoms with Crippen LogP contribution in [0.5, 0.6) is 0 Å². The van der Waals surface area contributed by atoms with E-state index in [1.807, 2.05) is 74.1 Å². The van der Waals surface area contributed by atoms with E-state index < -0.39 is 0 Å². The lowest BCUT2D eigenvalue weighted by atomic mass is 10.2. The summed E-state index contributed by atoms with van der Waals surface area (Å²) in [7, 11) is 2.02. The fourth-order valence-electron chi connectivity index (χ4n) is 3.13. The Bertz CT molecular complexity index is 952. The lowest BCUT2D eigenvalue weighted by Crippen LogP contribution is -2.24. The van der Waals surface area contributed by atoms with Crippen molar-refractivity contribution in [1.29, 1.82) is 0 Å². The first-order valence-corrected chi connectivity index (χ1v) is 10.1. The minimum Gasteiger partial charge on any atom is -0.323 e. The van der Waals surface area contributed by atoms with E-state index in [1.54, 1.807) is 0 Å². The van der Waals surface area contributed by atoms with Gasteiger partial charge in [0.2, 0.25) is 5.91 Å². The molecule has 146 valence electrons. The molecule has 0 saturated carbocycles. The zero-order valence-corrected chi connectivity index (χ0v) is 18.0. The molecule has 0 atom stereocenters. The average molecular weight is 441 g/mol. The smallest absolute Gasteiger partial charge is 0.225 e. The number of anilines is 1. The summed E-state index contributed by atoms with van der Waals surface area (Å²) in [6, 6.07) is 18.1. The van der Waals surface area contributed by atoms with Gasteiger partial charge in [0.05, 0.1) is 22.8 Å². The van der Waals surface area contributed by atoms with E-state index in [4.69, 9.17) is 0 Å². The summed E-state index contributed by atoms with van der Waals surface area (Å²) in [5.74, 6) is -0.00205. The summed E-state index contributed by atoms with van der Waals surface area (Å²) < 4.78 is 2.95. The number of benzene rings is 2. The summed E-state index contributed by atoms with van der Waals surface area (Å²) in [4.78, 5) is 14.6. The van der Waals surface area contributed by atoms with Crippen molar-refractivity contribution in [3.05, 3.63) is 76.0 Å². The molecule has 0 aliphatic rings. The third kappa shape index (κ3) is 4.88. The van der Waals surface area contributed by atoms with Crippen LogP contribution in [0.3, 0.4) is 0 Å². The maximum absolute atomic E-state index is 12.5. The number of amides is 1. The number of para-hydroxylation sites is 1. The van der Waals surface area contributed by atoms with E-state index in [0.29, 0.717) is 13.0 Å². The average Bonchev–Trinajstić information content (AvgIpc) is 2.97. The van der Waals surface area contributed by atoms with E-state index in [0.717, 1.165) is 33.8 Å². The molecule has 1 amide bonds. The van der Waals surface area contributed by atoms with Crippen molar-refractivity contribution in [2.45, 2.75) is 26.8 Å². The van der Waals surface area contributed by atoms with E-state index in [-0.39, 0.29) is 5.91 Å². The van der Waals surface area contributed by atoms with E-state index in [9.17, 15) is 4.79 Å². The Kier molecular flexibility index (Phi) is 6.65. The first-order valence-electron chi connectivity index (χ1n) is 9.29. The summed E-state index contributed by atoms with van der Waals surface area (Å²) >= 11 is 3.57. The summed E-state index contributed by atoms with van der Waals surface area (Å²) in [6.07, 6.45) is 0.427. The van der Waals surface area contributed by atoms with Gasteiger partial charge in [0.1, 0.15) is 0 Å². The van der Waals surface area contributed by atoms with E-state index >= 15 is 0 Å². The molecular weight excluding hydrogens is 416 g/mol. The lowest BCUT2D eigenvalue weighted by molar-refractivity contribution is -0.116. The van der Waals surface area contributed by atoms with Crippen LogP contribution in [-0.4, -0.2) is 34.2 Å². The van der Waals surface area contributed by atoms with Gasteiger partial charge >= 0.3 is 0 Å². The Morgan fingerprint density at radius 2 is 1.79 bits per heavy atom. The Morgan fingerprint density at radius 3 is 2.50 bits per heavy atom. The number of carbonyl (C=O) groups is 1. The summed E-state index contributed by atoms with van der Waals surface area (Å²) in [6.45, 7) is 5.36. The zero-order chi connectivity index (χ0) is 20.1. The zero-order valence-electron chi connectivity index (χ0n) is 16.4. The minimum atomic E-state index is -0.00205. The number of hydrogen-bond acceptors (Lipinski definition) is 3. The molecule has 0 unspecified atom stereocenters. The van der Waals surface area contributed by atoms with Crippen LogP contribution in [0.1, 0.15) is 23.4 Å². The van der Waals surface area contributed by atoms with Gasteiger partial charge in [0.25, 0.3) is 0 Å². The van der Waals surface area contributed by atoms with Gasteiger partial charge in [-0.2, -0.15) is 5.10 Å². The van der Waals surface area contributed by atoms with Crippen molar-refractivity contribution in [3.63, 3.8) is 0 Å². The third-order valence-corrected chi connectivity index (χ3v) is 5.45. The van der Waals surface area contributed by atoms with Crippen LogP contribution in [-0.2, 0) is 11.3 Å². The normalized spacial score (nSPS) is 11.0. The SMILES string of the molecule is Cc1nn(-c2ccccc2)c(C)c1NC(=O)CCN(C)Cc1ccccc1Br. The molecule has 0 bridgehead atoms. The quantitative estimate of drug-likeness (QED) is 0.578. The van der Waals surface area contributed by atoms with Crippen molar-refractivity contribution < 1.29 is 4.79 Å². The number of rotatable bonds is 7. The second kappa shape index (κ2) is 9.17. The van der Waals surface area contributed by atoms with Gasteiger partial charge in [-0.3, -0.25) is 4.79 Å². The molecule has 3 aromatic rings. The second-order valence-electron chi connectivity index (χ2n) is 6.92. The standard InChI is InChI=1S/C22H25BrN4O/c1-16-22(17(2)27(25-16)19-10-5-4-6-11-19)24-21(28)13-14-26(3)15-18-9-7-8-12-20(18)23/h4-12H,13-15H2,1-3H3,(H,24,28). The topological polar surface area (TPSA) is 50.2 Å². The van der Waals surface area contributed by atoms with Crippen molar-refractivity contribution in [2.75, 3.05) is 18.9 Å². The number of carbonyl (C=O) groups excluding carboxylic acids is 1. The second-order valence-corrected chi connectivity index (χ2v) is 7.77. The molecule has 3 rings (SSSR count). The maximum atomic E-state index is 12.5. The van der Waals surface area contributed by atoms with Crippen molar-refractivity contribution in [1.82, 2.24) is 14.7 Å². The maximum Gasteiger partial charge on any atom is 0.225 e. The van der Waals surface area contributed by atoms with Crippen LogP contribution < -0.4 is 5.32 Å². The van der Waals surface area contributed by atoms with E-state index in [2.05, 4.69) is 37.3 Å². The molecule has 5 nitrogen and oxygen atoms in total. The highest BCUT2D eigenvalue weighted by Gasteiger charge is 2.15. The fraction of sp³-hybridized carbons (Fsp3) is 0.273. The molecule has 6 heteroatoms. The molecule has 0 saturated heterocycles. The van der Waals surface area contributed by atoms with Gasteiger partial charge in [0.15, 0.2) is 0 Å². The molecule has 28 heavy (non-hydrogen) atoms. The summed E-state index contributed by atoms with van der Waals surface area (Å²) in [5.41, 5.74) is 4.73. The summed E-state index contributed by atoms with van der Waals surface area (Å²) in [5, 5.41) is 7.62. The Labute approximate surface area is 174 Å². The lowest BCUT2D eigenvalue weighted by Gasteiger charge is -2.17. The highest BCUT2D eigenvalue weighted by molar-refractivity contribution is 9.10. The Morgan fingerprint density at radius 1 is 1.11 bits per heavy atom. The predicted molar refractivity (Wildman–Crippen MR) is 117 cm³/mol. The van der Waals surface area contributed by atoms with Crippen molar-refractivity contribution >= 4 is 27.5 Å². The van der Waals surface area contributed by atoms with Crippen LogP contribution in [0.15, 0.2) is 59.1 Å². The number of aromatic nitrogens is 2.